The summed E-state index contributed by atoms with van der Waals surface area (Å²) >= 11 is 0. The third-order valence-electron chi connectivity index (χ3n) is 5.51. The van der Waals surface area contributed by atoms with Crippen LogP contribution >= 0.6 is 0 Å². The number of hydrogen-bond donors (Lipinski definition) is 1. The fourth-order valence-electron chi connectivity index (χ4n) is 3.91. The first kappa shape index (κ1) is 19.8. The predicted molar refractivity (Wildman–Crippen MR) is 121 cm³/mol. The zero-order chi connectivity index (χ0) is 21.1. The van der Waals surface area contributed by atoms with Gasteiger partial charge in [-0.3, -0.25) is 4.79 Å². The lowest BCUT2D eigenvalue weighted by Gasteiger charge is -2.23. The number of rotatable bonds is 6. The number of ether oxygens (including phenoxy) is 2. The Hall–Kier alpha value is -3.47. The van der Waals surface area contributed by atoms with E-state index in [0.29, 0.717) is 0 Å². The van der Waals surface area contributed by atoms with Gasteiger partial charge in [-0.1, -0.05) is 30.3 Å². The molecule has 0 unspecified atom stereocenters. The summed E-state index contributed by atoms with van der Waals surface area (Å²) in [5.41, 5.74) is 5.09. The lowest BCUT2D eigenvalue weighted by atomic mass is 10.0. The second-order valence-electron chi connectivity index (χ2n) is 7.38. The number of nitrogens with zero attached hydrogens (tertiary/aromatic N) is 1. The molecule has 5 nitrogen and oxygen atoms in total. The van der Waals surface area contributed by atoms with Gasteiger partial charge in [-0.2, -0.15) is 0 Å². The monoisotopic (exact) mass is 402 g/mol. The number of methoxy groups -OCH3 is 2. The number of nitrogens with one attached hydrogen (secondary N) is 1. The van der Waals surface area contributed by atoms with Gasteiger partial charge in [0.15, 0.2) is 0 Å². The van der Waals surface area contributed by atoms with Crippen LogP contribution in [0.2, 0.25) is 0 Å². The number of hydrogen-bond acceptors (Lipinski definition) is 4. The van der Waals surface area contributed by atoms with Crippen LogP contribution < -0.4 is 19.7 Å². The number of amides is 1. The van der Waals surface area contributed by atoms with Crippen molar-refractivity contribution in [3.05, 3.63) is 72.3 Å². The number of anilines is 2. The summed E-state index contributed by atoms with van der Waals surface area (Å²) in [6.07, 6.45) is 0.902. The Balaban J connectivity index is 1.55. The maximum absolute atomic E-state index is 13.1. The molecule has 1 amide bonds. The highest BCUT2D eigenvalue weighted by atomic mass is 16.5. The first-order valence-electron chi connectivity index (χ1n) is 10.1. The van der Waals surface area contributed by atoms with E-state index in [0.717, 1.165) is 47.0 Å². The van der Waals surface area contributed by atoms with Crippen LogP contribution in [0.15, 0.2) is 66.7 Å². The molecule has 3 aromatic rings. The molecule has 4 rings (SSSR count). The first-order valence-corrected chi connectivity index (χ1v) is 10.1. The maximum Gasteiger partial charge on any atom is 0.249 e. The first-order chi connectivity index (χ1) is 14.6. The van der Waals surface area contributed by atoms with Crippen molar-refractivity contribution in [2.75, 3.05) is 31.0 Å². The molecular weight excluding hydrogens is 376 g/mol. The van der Waals surface area contributed by atoms with Gasteiger partial charge in [-0.25, -0.2) is 0 Å². The number of para-hydroxylation sites is 1. The van der Waals surface area contributed by atoms with Crippen LogP contribution in [0.1, 0.15) is 12.5 Å². The molecule has 0 saturated heterocycles. The minimum Gasteiger partial charge on any atom is -0.497 e. The molecule has 1 N–H and O–H groups in total. The van der Waals surface area contributed by atoms with Crippen LogP contribution in [0, 0.1) is 0 Å². The average molecular weight is 402 g/mol. The van der Waals surface area contributed by atoms with E-state index in [1.807, 2.05) is 72.5 Å². The Kier molecular flexibility index (Phi) is 5.61. The molecule has 1 aliphatic heterocycles. The van der Waals surface area contributed by atoms with Gasteiger partial charge in [0, 0.05) is 23.5 Å². The standard InChI is InChI=1S/C25H26N2O3/c1-17(25(28)27-15-14-19-6-4-5-7-23(19)27)26-20-10-13-24(30-3)22(16-20)18-8-11-21(29-2)12-9-18/h4-13,16-17,26H,14-15H2,1-3H3/t17-/m1/s1. The van der Waals surface area contributed by atoms with Crippen LogP contribution in [0.25, 0.3) is 11.1 Å². The van der Waals surface area contributed by atoms with Crippen LogP contribution in [-0.2, 0) is 11.2 Å². The van der Waals surface area contributed by atoms with Gasteiger partial charge >= 0.3 is 0 Å². The van der Waals surface area contributed by atoms with Crippen molar-refractivity contribution in [3.8, 4) is 22.6 Å². The van der Waals surface area contributed by atoms with Gasteiger partial charge in [-0.05, 0) is 60.9 Å². The molecule has 3 aromatic carbocycles. The summed E-state index contributed by atoms with van der Waals surface area (Å²) in [5, 5.41) is 3.36. The third kappa shape index (κ3) is 3.83. The van der Waals surface area contributed by atoms with E-state index in [4.69, 9.17) is 9.47 Å². The van der Waals surface area contributed by atoms with Crippen molar-refractivity contribution >= 4 is 17.3 Å². The molecule has 1 heterocycles. The summed E-state index contributed by atoms with van der Waals surface area (Å²) in [5.74, 6) is 1.65. The van der Waals surface area contributed by atoms with E-state index in [9.17, 15) is 4.79 Å². The highest BCUT2D eigenvalue weighted by molar-refractivity contribution is 6.00. The smallest absolute Gasteiger partial charge is 0.249 e. The van der Waals surface area contributed by atoms with Crippen LogP contribution in [-0.4, -0.2) is 32.7 Å². The number of fused-ring (bicyclic) bond motifs is 1. The van der Waals surface area contributed by atoms with Gasteiger partial charge in [0.2, 0.25) is 5.91 Å². The van der Waals surface area contributed by atoms with E-state index >= 15 is 0 Å². The van der Waals surface area contributed by atoms with Gasteiger partial charge in [0.1, 0.15) is 17.5 Å². The summed E-state index contributed by atoms with van der Waals surface area (Å²) in [4.78, 5) is 15.0. The predicted octanol–water partition coefficient (Wildman–Crippen LogP) is 4.76. The molecule has 154 valence electrons. The second-order valence-corrected chi connectivity index (χ2v) is 7.38. The highest BCUT2D eigenvalue weighted by Gasteiger charge is 2.27. The Morgan fingerprint density at radius 3 is 2.50 bits per heavy atom. The fourth-order valence-corrected chi connectivity index (χ4v) is 3.91. The summed E-state index contributed by atoms with van der Waals surface area (Å²) in [6, 6.07) is 21.5. The van der Waals surface area contributed by atoms with Crippen molar-refractivity contribution in [1.82, 2.24) is 0 Å². The largest absolute Gasteiger partial charge is 0.497 e. The minimum absolute atomic E-state index is 0.0711. The van der Waals surface area contributed by atoms with Crippen molar-refractivity contribution < 1.29 is 14.3 Å². The van der Waals surface area contributed by atoms with Gasteiger partial charge in [-0.15, -0.1) is 0 Å². The molecule has 0 bridgehead atoms. The normalized spacial score (nSPS) is 13.5. The molecule has 0 spiro atoms. The van der Waals surface area contributed by atoms with Crippen LogP contribution in [0.3, 0.4) is 0 Å². The van der Waals surface area contributed by atoms with Crippen molar-refractivity contribution in [2.24, 2.45) is 0 Å². The molecule has 0 saturated carbocycles. The minimum atomic E-state index is -0.353. The Labute approximate surface area is 177 Å². The van der Waals surface area contributed by atoms with E-state index < -0.39 is 0 Å². The molecule has 0 radical (unpaired) electrons. The Morgan fingerprint density at radius 1 is 1.00 bits per heavy atom. The van der Waals surface area contributed by atoms with Crippen LogP contribution in [0.4, 0.5) is 11.4 Å². The lowest BCUT2D eigenvalue weighted by molar-refractivity contribution is -0.118. The molecular formula is C25H26N2O3. The summed E-state index contributed by atoms with van der Waals surface area (Å²) < 4.78 is 10.8. The zero-order valence-corrected chi connectivity index (χ0v) is 17.5. The quantitative estimate of drug-likeness (QED) is 0.646. The van der Waals surface area contributed by atoms with Gasteiger partial charge in [0.05, 0.1) is 14.2 Å². The van der Waals surface area contributed by atoms with Crippen molar-refractivity contribution in [3.63, 3.8) is 0 Å². The molecule has 30 heavy (non-hydrogen) atoms. The zero-order valence-electron chi connectivity index (χ0n) is 17.5. The fraction of sp³-hybridized carbons (Fsp3) is 0.240. The SMILES string of the molecule is COc1ccc(-c2cc(N[C@H](C)C(=O)N3CCc4ccccc43)ccc2OC)cc1. The van der Waals surface area contributed by atoms with Crippen LogP contribution in [0.5, 0.6) is 11.5 Å². The molecule has 5 heteroatoms. The van der Waals surface area contributed by atoms with E-state index in [1.54, 1.807) is 14.2 Å². The molecule has 1 aliphatic rings. The topological polar surface area (TPSA) is 50.8 Å². The van der Waals surface area contributed by atoms with Crippen molar-refractivity contribution in [2.45, 2.75) is 19.4 Å². The second kappa shape index (κ2) is 8.49. The third-order valence-corrected chi connectivity index (χ3v) is 5.51. The number of carbonyl (C=O) groups excluding carboxylic acids is 1. The van der Waals surface area contributed by atoms with E-state index in [1.165, 1.54) is 5.56 Å². The molecule has 0 aliphatic carbocycles. The number of benzene rings is 3. The molecule has 0 aromatic heterocycles. The Morgan fingerprint density at radius 2 is 1.77 bits per heavy atom. The van der Waals surface area contributed by atoms with Crippen molar-refractivity contribution in [1.29, 1.82) is 0 Å². The highest BCUT2D eigenvalue weighted by Crippen LogP contribution is 2.34. The van der Waals surface area contributed by atoms with Gasteiger partial charge in [0.25, 0.3) is 0 Å². The van der Waals surface area contributed by atoms with Gasteiger partial charge < -0.3 is 19.7 Å². The summed E-state index contributed by atoms with van der Waals surface area (Å²) in [6.45, 7) is 2.63. The molecule has 1 atom stereocenters. The number of carbonyl (C=O) groups is 1. The maximum atomic E-state index is 13.1. The average Bonchev–Trinajstić information content (AvgIpc) is 3.22. The van der Waals surface area contributed by atoms with E-state index in [2.05, 4.69) is 11.4 Å². The summed E-state index contributed by atoms with van der Waals surface area (Å²) in [7, 11) is 3.31. The molecule has 0 fully saturated rings. The van der Waals surface area contributed by atoms with E-state index in [-0.39, 0.29) is 11.9 Å². The Bertz CT molecular complexity index is 1050. The lowest BCUT2D eigenvalue weighted by Crippen LogP contribution is -2.40.